The number of para-hydroxylation sites is 2. The molecule has 0 unspecified atom stereocenters. The molecule has 0 radical (unpaired) electrons. The minimum absolute atomic E-state index is 0.0658. The number of unbranched alkanes of at least 4 members (excludes halogenated alkanes) is 1. The first-order valence-electron chi connectivity index (χ1n) is 9.91. The molecule has 144 valence electrons. The largest absolute Gasteiger partial charge is 0.299 e. The molecule has 0 saturated carbocycles. The monoisotopic (exact) mass is 383 g/mol. The van der Waals surface area contributed by atoms with Crippen LogP contribution in [0.25, 0.3) is 38.9 Å². The summed E-state index contributed by atoms with van der Waals surface area (Å²) in [5, 5.41) is 0.525. The highest BCUT2D eigenvalue weighted by molar-refractivity contribution is 6.05. The fourth-order valence-electron chi connectivity index (χ4n) is 3.70. The molecule has 0 aliphatic heterocycles. The zero-order valence-electron chi connectivity index (χ0n) is 16.5. The molecule has 2 aromatic carbocycles. The van der Waals surface area contributed by atoms with Crippen LogP contribution in [-0.2, 0) is 6.54 Å². The maximum absolute atomic E-state index is 13.3. The van der Waals surface area contributed by atoms with Gasteiger partial charge in [-0.15, -0.1) is 0 Å². The molecule has 3 aromatic heterocycles. The highest BCUT2D eigenvalue weighted by atomic mass is 16.1. The normalized spacial score (nSPS) is 11.7. The summed E-state index contributed by atoms with van der Waals surface area (Å²) in [5.41, 5.74) is 5.43. The van der Waals surface area contributed by atoms with Crippen LogP contribution in [0.1, 0.15) is 25.3 Å². The fourth-order valence-corrected chi connectivity index (χ4v) is 3.70. The van der Waals surface area contributed by atoms with Crippen molar-refractivity contribution in [3.63, 3.8) is 0 Å². The van der Waals surface area contributed by atoms with E-state index in [2.05, 4.69) is 11.9 Å². The number of aromatic nitrogens is 5. The van der Waals surface area contributed by atoms with Gasteiger partial charge in [-0.2, -0.15) is 0 Å². The predicted molar refractivity (Wildman–Crippen MR) is 116 cm³/mol. The summed E-state index contributed by atoms with van der Waals surface area (Å²) in [6.45, 7) is 4.81. The first kappa shape index (κ1) is 17.6. The second-order valence-electron chi connectivity index (χ2n) is 7.35. The van der Waals surface area contributed by atoms with E-state index < -0.39 is 0 Å². The third-order valence-electron chi connectivity index (χ3n) is 5.28. The van der Waals surface area contributed by atoms with Crippen molar-refractivity contribution in [3.05, 3.63) is 70.8 Å². The highest BCUT2D eigenvalue weighted by Crippen LogP contribution is 2.28. The van der Waals surface area contributed by atoms with Gasteiger partial charge in [-0.25, -0.2) is 15.0 Å². The SMILES string of the molecule is CCCCn1cnc2c(c1=O)c1nc3ccccc3nc1n2-c1ccc(C)cc1. The maximum atomic E-state index is 13.3. The van der Waals surface area contributed by atoms with Crippen molar-refractivity contribution in [1.29, 1.82) is 0 Å². The van der Waals surface area contributed by atoms with Crippen LogP contribution in [0.3, 0.4) is 0 Å². The first-order chi connectivity index (χ1) is 14.2. The molecule has 0 saturated heterocycles. The summed E-state index contributed by atoms with van der Waals surface area (Å²) >= 11 is 0. The van der Waals surface area contributed by atoms with Gasteiger partial charge >= 0.3 is 0 Å². The van der Waals surface area contributed by atoms with Crippen molar-refractivity contribution in [2.45, 2.75) is 33.2 Å². The molecule has 0 bridgehead atoms. The lowest BCUT2D eigenvalue weighted by molar-refractivity contribution is 0.608. The molecule has 0 aliphatic carbocycles. The average Bonchev–Trinajstić information content (AvgIpc) is 3.06. The zero-order valence-corrected chi connectivity index (χ0v) is 16.5. The minimum Gasteiger partial charge on any atom is -0.299 e. The highest BCUT2D eigenvalue weighted by Gasteiger charge is 2.20. The van der Waals surface area contributed by atoms with Crippen LogP contribution in [0.5, 0.6) is 0 Å². The lowest BCUT2D eigenvalue weighted by Gasteiger charge is -2.08. The van der Waals surface area contributed by atoms with E-state index in [0.29, 0.717) is 28.7 Å². The number of hydrogen-bond acceptors (Lipinski definition) is 4. The van der Waals surface area contributed by atoms with E-state index in [0.717, 1.165) is 29.6 Å². The maximum Gasteiger partial charge on any atom is 0.265 e. The summed E-state index contributed by atoms with van der Waals surface area (Å²) in [5.74, 6) is 0. The third kappa shape index (κ3) is 2.79. The Labute approximate surface area is 167 Å². The van der Waals surface area contributed by atoms with Crippen molar-refractivity contribution in [3.8, 4) is 5.69 Å². The quantitative estimate of drug-likeness (QED) is 0.462. The predicted octanol–water partition coefficient (Wildman–Crippen LogP) is 4.39. The number of hydrogen-bond donors (Lipinski definition) is 0. The molecule has 0 fully saturated rings. The standard InChI is InChI=1S/C23H21N5O/c1-3-4-13-27-14-24-21-19(23(27)29)20-22(26-18-8-6-5-7-17(18)25-20)28(21)16-11-9-15(2)10-12-16/h5-12,14H,3-4,13H2,1-2H3. The second-order valence-corrected chi connectivity index (χ2v) is 7.35. The van der Waals surface area contributed by atoms with Gasteiger partial charge in [-0.3, -0.25) is 13.9 Å². The van der Waals surface area contributed by atoms with Gasteiger partial charge < -0.3 is 0 Å². The van der Waals surface area contributed by atoms with Crippen molar-refractivity contribution >= 4 is 33.2 Å². The Morgan fingerprint density at radius 2 is 1.66 bits per heavy atom. The summed E-state index contributed by atoms with van der Waals surface area (Å²) in [6.07, 6.45) is 3.59. The summed E-state index contributed by atoms with van der Waals surface area (Å²) in [7, 11) is 0. The molecular formula is C23H21N5O. The van der Waals surface area contributed by atoms with Crippen LogP contribution in [-0.4, -0.2) is 24.1 Å². The van der Waals surface area contributed by atoms with E-state index in [1.54, 1.807) is 10.9 Å². The molecule has 6 heteroatoms. The zero-order chi connectivity index (χ0) is 20.0. The van der Waals surface area contributed by atoms with Crippen molar-refractivity contribution < 1.29 is 0 Å². The smallest absolute Gasteiger partial charge is 0.265 e. The van der Waals surface area contributed by atoms with E-state index in [9.17, 15) is 4.79 Å². The van der Waals surface area contributed by atoms with Gasteiger partial charge in [0.25, 0.3) is 5.56 Å². The molecule has 6 nitrogen and oxygen atoms in total. The third-order valence-corrected chi connectivity index (χ3v) is 5.28. The second kappa shape index (κ2) is 6.81. The molecule has 0 aliphatic rings. The van der Waals surface area contributed by atoms with Gasteiger partial charge in [-0.05, 0) is 37.6 Å². The summed E-state index contributed by atoms with van der Waals surface area (Å²) < 4.78 is 3.62. The van der Waals surface area contributed by atoms with Crippen molar-refractivity contribution in [2.24, 2.45) is 0 Å². The average molecular weight is 383 g/mol. The molecule has 0 N–H and O–H groups in total. The van der Waals surface area contributed by atoms with Crippen LogP contribution < -0.4 is 5.56 Å². The van der Waals surface area contributed by atoms with Gasteiger partial charge in [-0.1, -0.05) is 43.2 Å². The topological polar surface area (TPSA) is 65.6 Å². The first-order valence-corrected chi connectivity index (χ1v) is 9.91. The molecule has 29 heavy (non-hydrogen) atoms. The number of nitrogens with zero attached hydrogens (tertiary/aromatic N) is 5. The van der Waals surface area contributed by atoms with Crippen LogP contribution in [0, 0.1) is 6.92 Å². The molecule has 5 aromatic rings. The van der Waals surface area contributed by atoms with Gasteiger partial charge in [0, 0.05) is 12.2 Å². The van der Waals surface area contributed by atoms with Gasteiger partial charge in [0.2, 0.25) is 0 Å². The summed E-state index contributed by atoms with van der Waals surface area (Å²) in [4.78, 5) is 27.7. The molecule has 3 heterocycles. The van der Waals surface area contributed by atoms with E-state index in [1.807, 2.05) is 60.0 Å². The Morgan fingerprint density at radius 3 is 2.38 bits per heavy atom. The van der Waals surface area contributed by atoms with Crippen molar-refractivity contribution in [1.82, 2.24) is 24.1 Å². The lowest BCUT2D eigenvalue weighted by Crippen LogP contribution is -2.20. The Bertz CT molecular complexity index is 1410. The summed E-state index contributed by atoms with van der Waals surface area (Å²) in [6, 6.07) is 15.9. The Kier molecular flexibility index (Phi) is 4.12. The van der Waals surface area contributed by atoms with Crippen LogP contribution >= 0.6 is 0 Å². The minimum atomic E-state index is -0.0658. The molecule has 5 rings (SSSR count). The molecule has 0 amide bonds. The number of aryl methyl sites for hydroxylation is 2. The van der Waals surface area contributed by atoms with Gasteiger partial charge in [0.1, 0.15) is 10.9 Å². The Morgan fingerprint density at radius 1 is 0.931 bits per heavy atom. The van der Waals surface area contributed by atoms with Crippen LogP contribution in [0.2, 0.25) is 0 Å². The van der Waals surface area contributed by atoms with Crippen molar-refractivity contribution in [2.75, 3.05) is 0 Å². The number of rotatable bonds is 4. The van der Waals surface area contributed by atoms with Gasteiger partial charge in [0.05, 0.1) is 17.4 Å². The molecule has 0 atom stereocenters. The molecule has 0 spiro atoms. The fraction of sp³-hybridized carbons (Fsp3) is 0.217. The number of benzene rings is 2. The Hall–Kier alpha value is -3.54. The van der Waals surface area contributed by atoms with E-state index in [4.69, 9.17) is 9.97 Å². The van der Waals surface area contributed by atoms with E-state index in [-0.39, 0.29) is 5.56 Å². The van der Waals surface area contributed by atoms with Crippen LogP contribution in [0.15, 0.2) is 59.7 Å². The van der Waals surface area contributed by atoms with E-state index >= 15 is 0 Å². The Balaban J connectivity index is 1.93. The molecular weight excluding hydrogens is 362 g/mol. The van der Waals surface area contributed by atoms with Crippen LogP contribution in [0.4, 0.5) is 0 Å². The number of fused-ring (bicyclic) bond motifs is 4. The van der Waals surface area contributed by atoms with E-state index in [1.165, 1.54) is 5.56 Å². The lowest BCUT2D eigenvalue weighted by atomic mass is 10.2. The van der Waals surface area contributed by atoms with Gasteiger partial charge in [0.15, 0.2) is 11.3 Å².